The molecule has 2 aromatic carbocycles. The predicted octanol–water partition coefficient (Wildman–Crippen LogP) is 3.68. The van der Waals surface area contributed by atoms with Crippen LogP contribution in [0.15, 0.2) is 59.4 Å². The summed E-state index contributed by atoms with van der Waals surface area (Å²) >= 11 is 1.06. The number of hydrogen-bond acceptors (Lipinski definition) is 5. The molecule has 0 aliphatic heterocycles. The number of carbonyl (C=O) groups is 1. The maximum Gasteiger partial charge on any atom is 0.387 e. The Morgan fingerprint density at radius 3 is 2.33 bits per heavy atom. The van der Waals surface area contributed by atoms with E-state index < -0.39 is 12.0 Å². The van der Waals surface area contributed by atoms with Gasteiger partial charge in [-0.2, -0.15) is 14.0 Å². The van der Waals surface area contributed by atoms with E-state index in [1.807, 2.05) is 36.4 Å². The van der Waals surface area contributed by atoms with Crippen LogP contribution in [0.1, 0.15) is 31.9 Å². The average molecular weight is 469 g/mol. The molecule has 0 unspecified atom stereocenters. The molecular weight excluding hydrogens is 446 g/mol. The zero-order valence-electron chi connectivity index (χ0n) is 18.3. The second-order valence-corrected chi connectivity index (χ2v) is 9.34. The first kappa shape index (κ1) is 24.1. The van der Waals surface area contributed by atoms with Crippen LogP contribution in [-0.2, 0) is 11.3 Å². The minimum atomic E-state index is -2.93. The largest absolute Gasteiger partial charge is 0.435 e. The van der Waals surface area contributed by atoms with Gasteiger partial charge in [-0.05, 0) is 29.3 Å². The van der Waals surface area contributed by atoms with E-state index in [1.54, 1.807) is 39.0 Å². The Hall–Kier alpha value is -3.57. The molecule has 0 spiro atoms. The third kappa shape index (κ3) is 5.82. The quantitative estimate of drug-likeness (QED) is 0.553. The Morgan fingerprint density at radius 1 is 1.15 bits per heavy atom. The van der Waals surface area contributed by atoms with Gasteiger partial charge in [-0.25, -0.2) is 0 Å². The van der Waals surface area contributed by atoms with E-state index in [1.165, 1.54) is 16.7 Å². The Bertz CT molecular complexity index is 1360. The summed E-state index contributed by atoms with van der Waals surface area (Å²) in [5.74, 6) is -0.348. The molecule has 170 valence electrons. The molecule has 0 saturated heterocycles. The molecule has 0 aliphatic carbocycles. The number of aromatic nitrogens is 1. The van der Waals surface area contributed by atoms with Gasteiger partial charge in [0.1, 0.15) is 22.1 Å². The molecule has 5 nitrogen and oxygen atoms in total. The lowest BCUT2D eigenvalue weighted by Crippen LogP contribution is -2.34. The minimum Gasteiger partial charge on any atom is -0.435 e. The van der Waals surface area contributed by atoms with Gasteiger partial charge < -0.3 is 4.74 Å². The molecule has 33 heavy (non-hydrogen) atoms. The molecule has 0 bridgehead atoms. The van der Waals surface area contributed by atoms with Crippen molar-refractivity contribution < 1.29 is 18.3 Å². The maximum absolute atomic E-state index is 13.3. The van der Waals surface area contributed by atoms with E-state index in [-0.39, 0.29) is 33.9 Å². The predicted molar refractivity (Wildman–Crippen MR) is 123 cm³/mol. The van der Waals surface area contributed by atoms with Crippen LogP contribution in [0.3, 0.4) is 0 Å². The van der Waals surface area contributed by atoms with Crippen molar-refractivity contribution in [3.05, 3.63) is 85.3 Å². The first-order valence-electron chi connectivity index (χ1n) is 10.1. The number of benzene rings is 2. The number of alkyl halides is 2. The summed E-state index contributed by atoms with van der Waals surface area (Å²) in [6.45, 7) is 2.43. The van der Waals surface area contributed by atoms with Crippen molar-refractivity contribution in [1.82, 2.24) is 4.57 Å². The van der Waals surface area contributed by atoms with E-state index >= 15 is 0 Å². The van der Waals surface area contributed by atoms with Gasteiger partial charge in [0.2, 0.25) is 0 Å². The summed E-state index contributed by atoms with van der Waals surface area (Å²) in [5.41, 5.74) is 0.225. The van der Waals surface area contributed by atoms with Gasteiger partial charge in [0.15, 0.2) is 5.78 Å². The number of nitriles is 1. The number of ether oxygens (including phenoxy) is 1. The zero-order chi connectivity index (χ0) is 24.2. The third-order valence-electron chi connectivity index (χ3n) is 4.73. The number of hydrogen-bond donors (Lipinski definition) is 0. The van der Waals surface area contributed by atoms with Crippen LogP contribution < -0.4 is 19.5 Å². The molecule has 8 heteroatoms. The van der Waals surface area contributed by atoms with Crippen molar-refractivity contribution in [2.24, 2.45) is 5.41 Å². The Labute approximate surface area is 193 Å². The van der Waals surface area contributed by atoms with E-state index in [0.29, 0.717) is 10.1 Å². The van der Waals surface area contributed by atoms with Crippen LogP contribution in [0.4, 0.5) is 8.78 Å². The highest BCUT2D eigenvalue weighted by atomic mass is 32.1. The lowest BCUT2D eigenvalue weighted by Gasteiger charge is -2.15. The van der Waals surface area contributed by atoms with E-state index in [2.05, 4.69) is 4.74 Å². The summed E-state index contributed by atoms with van der Waals surface area (Å²) in [7, 11) is 0. The van der Waals surface area contributed by atoms with Gasteiger partial charge in [0, 0.05) is 5.41 Å². The SMILES string of the molecule is CC(C)(C)C(=O)/C(C#N)=c1\s/c(=C\c2ccc(OC(F)F)cc2)c(=O)n1Cc1ccccc1. The number of thiazole rings is 1. The fraction of sp³-hybridized carbons (Fsp3) is 0.240. The van der Waals surface area contributed by atoms with Crippen LogP contribution >= 0.6 is 11.3 Å². The van der Waals surface area contributed by atoms with Gasteiger partial charge in [-0.1, -0.05) is 63.2 Å². The second-order valence-electron chi connectivity index (χ2n) is 8.31. The molecule has 0 aliphatic rings. The third-order valence-corrected chi connectivity index (χ3v) is 5.86. The smallest absolute Gasteiger partial charge is 0.387 e. The first-order chi connectivity index (χ1) is 15.6. The normalized spacial score (nSPS) is 13.1. The van der Waals surface area contributed by atoms with Crippen molar-refractivity contribution >= 4 is 28.8 Å². The number of ketones is 1. The number of rotatable bonds is 6. The lowest BCUT2D eigenvalue weighted by molar-refractivity contribution is -0.120. The Kier molecular flexibility index (Phi) is 7.24. The molecule has 1 aromatic heterocycles. The molecule has 1 heterocycles. The maximum atomic E-state index is 13.3. The topological polar surface area (TPSA) is 72.1 Å². The standard InChI is InChI=1S/C25H22F2N2O3S/c1-25(2,3)21(30)19(14-28)23-29(15-17-7-5-4-6-8-17)22(31)20(33-23)13-16-9-11-18(12-10-16)32-24(26)27/h4-13,24H,15H2,1-3H3/b20-13-,23-19-. The molecular formula is C25H22F2N2O3S. The molecule has 0 atom stereocenters. The molecule has 0 fully saturated rings. The summed E-state index contributed by atoms with van der Waals surface area (Å²) < 4.78 is 31.1. The monoisotopic (exact) mass is 468 g/mol. The average Bonchev–Trinajstić information content (AvgIpc) is 3.05. The Morgan fingerprint density at radius 2 is 1.79 bits per heavy atom. The van der Waals surface area contributed by atoms with Crippen LogP contribution in [-0.4, -0.2) is 17.0 Å². The number of nitrogens with zero attached hydrogens (tertiary/aromatic N) is 2. The fourth-order valence-corrected chi connectivity index (χ4v) is 4.18. The number of Topliss-reactive ketones (excluding diaryl/α,β-unsaturated/α-hetero) is 1. The van der Waals surface area contributed by atoms with Crippen molar-refractivity contribution in [3.63, 3.8) is 0 Å². The molecule has 0 saturated carbocycles. The molecule has 0 amide bonds. The molecule has 3 aromatic rings. The summed E-state index contributed by atoms with van der Waals surface area (Å²) in [6.07, 6.45) is 1.60. The number of halogens is 2. The van der Waals surface area contributed by atoms with Gasteiger partial charge in [-0.15, -0.1) is 11.3 Å². The van der Waals surface area contributed by atoms with Crippen LogP contribution in [0.5, 0.6) is 5.75 Å². The molecule has 3 rings (SSSR count). The molecule has 0 N–H and O–H groups in total. The van der Waals surface area contributed by atoms with E-state index in [9.17, 15) is 23.6 Å². The van der Waals surface area contributed by atoms with Crippen LogP contribution in [0.25, 0.3) is 11.6 Å². The molecule has 0 radical (unpaired) electrons. The van der Waals surface area contributed by atoms with Crippen molar-refractivity contribution in [1.29, 1.82) is 5.26 Å². The van der Waals surface area contributed by atoms with Crippen LogP contribution in [0.2, 0.25) is 0 Å². The summed E-state index contributed by atoms with van der Waals surface area (Å²) in [4.78, 5) is 26.2. The fourth-order valence-electron chi connectivity index (χ4n) is 3.08. The highest BCUT2D eigenvalue weighted by molar-refractivity contribution is 7.07. The lowest BCUT2D eigenvalue weighted by atomic mass is 9.87. The van der Waals surface area contributed by atoms with Gasteiger partial charge >= 0.3 is 6.61 Å². The summed E-state index contributed by atoms with van der Waals surface area (Å²) in [5, 5.41) is 9.79. The summed E-state index contributed by atoms with van der Waals surface area (Å²) in [6, 6.07) is 17.1. The van der Waals surface area contributed by atoms with Crippen molar-refractivity contribution in [2.75, 3.05) is 0 Å². The highest BCUT2D eigenvalue weighted by Crippen LogP contribution is 2.20. The van der Waals surface area contributed by atoms with E-state index in [4.69, 9.17) is 0 Å². The highest BCUT2D eigenvalue weighted by Gasteiger charge is 2.27. The van der Waals surface area contributed by atoms with Crippen molar-refractivity contribution in [3.8, 4) is 11.8 Å². The van der Waals surface area contributed by atoms with Crippen molar-refractivity contribution in [2.45, 2.75) is 33.9 Å². The minimum absolute atomic E-state index is 0.00591. The van der Waals surface area contributed by atoms with Gasteiger partial charge in [-0.3, -0.25) is 14.2 Å². The van der Waals surface area contributed by atoms with Gasteiger partial charge in [0.25, 0.3) is 5.56 Å². The van der Waals surface area contributed by atoms with E-state index in [0.717, 1.165) is 16.9 Å². The second kappa shape index (κ2) is 9.92. The first-order valence-corrected chi connectivity index (χ1v) is 10.9. The van der Waals surface area contributed by atoms with Crippen LogP contribution in [0, 0.1) is 16.7 Å². The zero-order valence-corrected chi connectivity index (χ0v) is 19.2. The number of carbonyl (C=O) groups excluding carboxylic acids is 1. The Balaban J connectivity index is 2.21. The van der Waals surface area contributed by atoms with Gasteiger partial charge in [0.05, 0.1) is 11.1 Å².